The highest BCUT2D eigenvalue weighted by atomic mass is 79.9. The van der Waals surface area contributed by atoms with Gasteiger partial charge in [0.15, 0.2) is 6.61 Å². The number of carbonyl (C=O) groups is 2. The van der Waals surface area contributed by atoms with Crippen LogP contribution in [0.1, 0.15) is 36.8 Å². The molecular weight excluding hydrogens is 540 g/mol. The summed E-state index contributed by atoms with van der Waals surface area (Å²) in [6.45, 7) is 0.0723. The zero-order chi connectivity index (χ0) is 25.3. The standard InChI is InChI=1S/C29H30BrClN2O3/c30-23-15-16-27(25(31)18-23)36-20-28(34)33(19-22-11-5-2-6-12-22)26(17-21-9-3-1-4-10-21)29(35)32-24-13-7-8-14-24/h1-6,9-12,15-16,18,24,26H,7-8,13-14,17,19-20H2,(H,32,35)/t26-/m0/s1. The molecule has 5 nitrogen and oxygen atoms in total. The van der Waals surface area contributed by atoms with Crippen LogP contribution in [0.25, 0.3) is 0 Å². The monoisotopic (exact) mass is 568 g/mol. The van der Waals surface area contributed by atoms with Gasteiger partial charge in [-0.3, -0.25) is 9.59 Å². The van der Waals surface area contributed by atoms with Gasteiger partial charge in [0.2, 0.25) is 5.91 Å². The normalized spacial score (nSPS) is 14.3. The van der Waals surface area contributed by atoms with Crippen LogP contribution in [0, 0.1) is 0 Å². The summed E-state index contributed by atoms with van der Waals surface area (Å²) in [7, 11) is 0. The van der Waals surface area contributed by atoms with Gasteiger partial charge < -0.3 is 15.0 Å². The predicted molar refractivity (Wildman–Crippen MR) is 146 cm³/mol. The highest BCUT2D eigenvalue weighted by molar-refractivity contribution is 9.10. The zero-order valence-electron chi connectivity index (χ0n) is 20.0. The number of rotatable bonds is 10. The first-order valence-electron chi connectivity index (χ1n) is 12.2. The molecule has 0 aliphatic heterocycles. The van der Waals surface area contributed by atoms with Gasteiger partial charge in [-0.15, -0.1) is 0 Å². The lowest BCUT2D eigenvalue weighted by Gasteiger charge is -2.32. The molecule has 1 atom stereocenters. The molecule has 0 saturated heterocycles. The molecule has 2 amide bonds. The summed E-state index contributed by atoms with van der Waals surface area (Å²) in [6, 6.07) is 24.2. The van der Waals surface area contributed by atoms with Crippen molar-refractivity contribution in [1.29, 1.82) is 0 Å². The molecule has 0 heterocycles. The molecule has 1 saturated carbocycles. The Labute approximate surface area is 225 Å². The SMILES string of the molecule is O=C(NC1CCCC1)[C@H](Cc1ccccc1)N(Cc1ccccc1)C(=O)COc1ccc(Br)cc1Cl. The first-order valence-corrected chi connectivity index (χ1v) is 13.4. The predicted octanol–water partition coefficient (Wildman–Crippen LogP) is 6.18. The average molecular weight is 570 g/mol. The van der Waals surface area contributed by atoms with E-state index in [0.717, 1.165) is 41.3 Å². The number of carbonyl (C=O) groups excluding carboxylic acids is 2. The number of hydrogen-bond donors (Lipinski definition) is 1. The van der Waals surface area contributed by atoms with Crippen molar-refractivity contribution in [3.8, 4) is 5.75 Å². The Balaban J connectivity index is 1.60. The Bertz CT molecular complexity index is 1150. The van der Waals surface area contributed by atoms with Crippen LogP contribution in [0.4, 0.5) is 0 Å². The van der Waals surface area contributed by atoms with E-state index < -0.39 is 6.04 Å². The van der Waals surface area contributed by atoms with Crippen LogP contribution < -0.4 is 10.1 Å². The second kappa shape index (κ2) is 12.9. The Morgan fingerprint density at radius 3 is 2.25 bits per heavy atom. The third kappa shape index (κ3) is 7.34. The van der Waals surface area contributed by atoms with E-state index in [-0.39, 0.29) is 24.5 Å². The van der Waals surface area contributed by atoms with Gasteiger partial charge in [0.25, 0.3) is 5.91 Å². The number of nitrogens with zero attached hydrogens (tertiary/aromatic N) is 1. The van der Waals surface area contributed by atoms with Crippen LogP contribution in [0.3, 0.4) is 0 Å². The van der Waals surface area contributed by atoms with Crippen LogP contribution >= 0.6 is 27.5 Å². The van der Waals surface area contributed by atoms with Gasteiger partial charge in [-0.25, -0.2) is 0 Å². The van der Waals surface area contributed by atoms with Crippen LogP contribution in [-0.2, 0) is 22.6 Å². The minimum Gasteiger partial charge on any atom is -0.482 e. The van der Waals surface area contributed by atoms with Gasteiger partial charge >= 0.3 is 0 Å². The maximum Gasteiger partial charge on any atom is 0.261 e. The Morgan fingerprint density at radius 2 is 1.61 bits per heavy atom. The minimum atomic E-state index is -0.676. The summed E-state index contributed by atoms with van der Waals surface area (Å²) in [5, 5.41) is 3.62. The zero-order valence-corrected chi connectivity index (χ0v) is 22.4. The number of halogens is 2. The van der Waals surface area contributed by atoms with Crippen molar-refractivity contribution in [1.82, 2.24) is 10.2 Å². The molecule has 7 heteroatoms. The molecule has 1 N–H and O–H groups in total. The third-order valence-corrected chi connectivity index (χ3v) is 7.20. The van der Waals surface area contributed by atoms with E-state index >= 15 is 0 Å². The summed E-state index contributed by atoms with van der Waals surface area (Å²) < 4.78 is 6.63. The van der Waals surface area contributed by atoms with Crippen LogP contribution in [0.5, 0.6) is 5.75 Å². The van der Waals surface area contributed by atoms with Gasteiger partial charge in [0.05, 0.1) is 5.02 Å². The molecule has 0 bridgehead atoms. The lowest BCUT2D eigenvalue weighted by molar-refractivity contribution is -0.143. The van der Waals surface area contributed by atoms with E-state index in [4.69, 9.17) is 16.3 Å². The lowest BCUT2D eigenvalue weighted by Crippen LogP contribution is -2.53. The maximum atomic E-state index is 13.6. The molecule has 1 fully saturated rings. The summed E-state index contributed by atoms with van der Waals surface area (Å²) in [4.78, 5) is 28.9. The van der Waals surface area contributed by atoms with Crippen LogP contribution in [0.15, 0.2) is 83.3 Å². The van der Waals surface area contributed by atoms with E-state index in [1.807, 2.05) is 60.7 Å². The molecule has 4 rings (SSSR count). The number of benzene rings is 3. The molecule has 0 spiro atoms. The summed E-state index contributed by atoms with van der Waals surface area (Å²) >= 11 is 9.67. The van der Waals surface area contributed by atoms with E-state index in [0.29, 0.717) is 23.7 Å². The largest absolute Gasteiger partial charge is 0.482 e. The fourth-order valence-corrected chi connectivity index (χ4v) is 5.24. The summed E-state index contributed by atoms with van der Waals surface area (Å²) in [5.41, 5.74) is 1.94. The van der Waals surface area contributed by atoms with E-state index in [9.17, 15) is 9.59 Å². The molecule has 1 aliphatic rings. The summed E-state index contributed by atoms with van der Waals surface area (Å²) in [5.74, 6) is 0.0138. The average Bonchev–Trinajstić information content (AvgIpc) is 3.39. The van der Waals surface area contributed by atoms with Crippen molar-refractivity contribution in [2.24, 2.45) is 0 Å². The Morgan fingerprint density at radius 1 is 0.972 bits per heavy atom. The third-order valence-electron chi connectivity index (χ3n) is 6.41. The van der Waals surface area contributed by atoms with Gasteiger partial charge in [0.1, 0.15) is 11.8 Å². The first kappa shape index (κ1) is 26.2. The second-order valence-electron chi connectivity index (χ2n) is 9.07. The number of hydrogen-bond acceptors (Lipinski definition) is 3. The molecule has 36 heavy (non-hydrogen) atoms. The highest BCUT2D eigenvalue weighted by Gasteiger charge is 2.32. The van der Waals surface area contributed by atoms with Gasteiger partial charge in [-0.05, 0) is 42.2 Å². The smallest absolute Gasteiger partial charge is 0.261 e. The second-order valence-corrected chi connectivity index (χ2v) is 10.4. The van der Waals surface area contributed by atoms with Crippen molar-refractivity contribution < 1.29 is 14.3 Å². The molecule has 188 valence electrons. The molecule has 3 aromatic rings. The molecule has 0 radical (unpaired) electrons. The molecule has 0 unspecified atom stereocenters. The lowest BCUT2D eigenvalue weighted by atomic mass is 10.0. The highest BCUT2D eigenvalue weighted by Crippen LogP contribution is 2.28. The maximum absolute atomic E-state index is 13.6. The van der Waals surface area contributed by atoms with E-state index in [1.165, 1.54) is 0 Å². The van der Waals surface area contributed by atoms with Crippen molar-refractivity contribution in [3.05, 3.63) is 99.5 Å². The first-order chi connectivity index (χ1) is 17.5. The number of ether oxygens (including phenoxy) is 1. The van der Waals surface area contributed by atoms with Crippen molar-refractivity contribution in [2.45, 2.75) is 50.7 Å². The molecular formula is C29H30BrClN2O3. The molecule has 1 aliphatic carbocycles. The van der Waals surface area contributed by atoms with E-state index in [1.54, 1.807) is 23.1 Å². The minimum absolute atomic E-state index is 0.128. The van der Waals surface area contributed by atoms with Crippen LogP contribution in [0.2, 0.25) is 5.02 Å². The van der Waals surface area contributed by atoms with Crippen molar-refractivity contribution >= 4 is 39.3 Å². The van der Waals surface area contributed by atoms with Gasteiger partial charge in [-0.1, -0.05) is 101 Å². The fourth-order valence-electron chi connectivity index (χ4n) is 4.52. The fraction of sp³-hybridized carbons (Fsp3) is 0.310. The quantitative estimate of drug-likeness (QED) is 0.317. The van der Waals surface area contributed by atoms with Crippen LogP contribution in [-0.4, -0.2) is 35.4 Å². The van der Waals surface area contributed by atoms with E-state index in [2.05, 4.69) is 21.2 Å². The van der Waals surface area contributed by atoms with Gasteiger partial charge in [-0.2, -0.15) is 0 Å². The Hall–Kier alpha value is -2.83. The van der Waals surface area contributed by atoms with Crippen molar-refractivity contribution in [3.63, 3.8) is 0 Å². The number of amides is 2. The Kier molecular flexibility index (Phi) is 9.42. The molecule has 3 aromatic carbocycles. The summed E-state index contributed by atoms with van der Waals surface area (Å²) in [6.07, 6.45) is 4.59. The number of nitrogens with one attached hydrogen (secondary N) is 1. The van der Waals surface area contributed by atoms with Crippen molar-refractivity contribution in [2.75, 3.05) is 6.61 Å². The molecule has 0 aromatic heterocycles. The topological polar surface area (TPSA) is 58.6 Å². The van der Waals surface area contributed by atoms with Gasteiger partial charge in [0, 0.05) is 23.5 Å².